The van der Waals surface area contributed by atoms with Gasteiger partial charge in [0.15, 0.2) is 0 Å². The van der Waals surface area contributed by atoms with Gasteiger partial charge in [0.25, 0.3) is 5.56 Å². The molecule has 0 aliphatic carbocycles. The van der Waals surface area contributed by atoms with Gasteiger partial charge in [-0.15, -0.1) is 0 Å². The van der Waals surface area contributed by atoms with Gasteiger partial charge >= 0.3 is 5.97 Å². The number of halogens is 1. The fraction of sp³-hybridized carbons (Fsp3) is 0.500. The molecule has 0 radical (unpaired) electrons. The molecule has 0 aliphatic heterocycles. The topological polar surface area (TPSA) is 72.2 Å². The molecule has 0 saturated heterocycles. The Morgan fingerprint density at radius 2 is 2.19 bits per heavy atom. The van der Waals surface area contributed by atoms with Crippen LogP contribution in [0.3, 0.4) is 0 Å². The molecule has 6 heteroatoms. The molecule has 0 unspecified atom stereocenters. The molecular formula is C10H13BrN2O3. The Labute approximate surface area is 101 Å². The van der Waals surface area contributed by atoms with Crippen molar-refractivity contribution in [3.05, 3.63) is 26.8 Å². The lowest BCUT2D eigenvalue weighted by Gasteiger charge is -2.20. The molecule has 1 N–H and O–H groups in total. The monoisotopic (exact) mass is 288 g/mol. The van der Waals surface area contributed by atoms with E-state index in [2.05, 4.69) is 20.9 Å². The Hall–Kier alpha value is -1.17. The standard InChI is InChI=1S/C10H13BrN2O3/c1-6-7(11)8(14)13(5-12-6)4-10(2,3)9(15)16/h5H,4H2,1-3H3,(H,15,16). The summed E-state index contributed by atoms with van der Waals surface area (Å²) in [6.07, 6.45) is 1.37. The normalized spacial score (nSPS) is 11.5. The number of aryl methyl sites for hydroxylation is 1. The van der Waals surface area contributed by atoms with Crippen LogP contribution < -0.4 is 5.56 Å². The summed E-state index contributed by atoms with van der Waals surface area (Å²) >= 11 is 3.13. The lowest BCUT2D eigenvalue weighted by molar-refractivity contribution is -0.147. The average molecular weight is 289 g/mol. The smallest absolute Gasteiger partial charge is 0.310 e. The van der Waals surface area contributed by atoms with Crippen LogP contribution in [0.5, 0.6) is 0 Å². The van der Waals surface area contributed by atoms with E-state index in [1.807, 2.05) is 0 Å². The Balaban J connectivity index is 3.14. The summed E-state index contributed by atoms with van der Waals surface area (Å²) in [5.41, 5.74) is -0.670. The van der Waals surface area contributed by atoms with Crippen LogP contribution in [-0.2, 0) is 11.3 Å². The number of carbonyl (C=O) groups is 1. The number of carboxylic acid groups (broad SMARTS) is 1. The van der Waals surface area contributed by atoms with Crippen LogP contribution >= 0.6 is 15.9 Å². The van der Waals surface area contributed by atoms with E-state index in [9.17, 15) is 9.59 Å². The van der Waals surface area contributed by atoms with E-state index in [1.54, 1.807) is 20.8 Å². The Bertz CT molecular complexity index is 479. The minimum absolute atomic E-state index is 0.0903. The molecule has 88 valence electrons. The molecule has 0 fully saturated rings. The number of hydrogen-bond donors (Lipinski definition) is 1. The Morgan fingerprint density at radius 3 is 2.69 bits per heavy atom. The Morgan fingerprint density at radius 1 is 1.62 bits per heavy atom. The van der Waals surface area contributed by atoms with Crippen LogP contribution in [0.2, 0.25) is 0 Å². The van der Waals surface area contributed by atoms with E-state index >= 15 is 0 Å². The van der Waals surface area contributed by atoms with Crippen molar-refractivity contribution in [3.8, 4) is 0 Å². The molecule has 0 bridgehead atoms. The van der Waals surface area contributed by atoms with E-state index in [4.69, 9.17) is 5.11 Å². The maximum Gasteiger partial charge on any atom is 0.310 e. The van der Waals surface area contributed by atoms with Crippen molar-refractivity contribution in [1.82, 2.24) is 9.55 Å². The molecule has 1 aromatic rings. The molecular weight excluding hydrogens is 276 g/mol. The van der Waals surface area contributed by atoms with E-state index in [0.29, 0.717) is 10.2 Å². The number of nitrogens with zero attached hydrogens (tertiary/aromatic N) is 2. The van der Waals surface area contributed by atoms with Crippen molar-refractivity contribution in [2.75, 3.05) is 0 Å². The van der Waals surface area contributed by atoms with Crippen molar-refractivity contribution in [2.24, 2.45) is 5.41 Å². The third-order valence-corrected chi connectivity index (χ3v) is 3.21. The molecule has 0 saturated carbocycles. The molecule has 1 heterocycles. The first kappa shape index (κ1) is 12.9. The second kappa shape index (κ2) is 4.37. The number of carboxylic acids is 1. The third-order valence-electron chi connectivity index (χ3n) is 2.30. The van der Waals surface area contributed by atoms with Crippen molar-refractivity contribution in [1.29, 1.82) is 0 Å². The van der Waals surface area contributed by atoms with Gasteiger partial charge in [-0.2, -0.15) is 0 Å². The van der Waals surface area contributed by atoms with E-state index in [0.717, 1.165) is 0 Å². The van der Waals surface area contributed by atoms with Gasteiger partial charge in [-0.1, -0.05) is 0 Å². The second-order valence-electron chi connectivity index (χ2n) is 4.27. The van der Waals surface area contributed by atoms with Crippen LogP contribution in [0.4, 0.5) is 0 Å². The number of aromatic nitrogens is 2. The summed E-state index contributed by atoms with van der Waals surface area (Å²) in [7, 11) is 0. The molecule has 1 aromatic heterocycles. The molecule has 0 spiro atoms. The highest BCUT2D eigenvalue weighted by molar-refractivity contribution is 9.10. The van der Waals surface area contributed by atoms with Crippen molar-refractivity contribution in [2.45, 2.75) is 27.3 Å². The molecule has 1 rings (SSSR count). The fourth-order valence-corrected chi connectivity index (χ4v) is 1.48. The van der Waals surface area contributed by atoms with Crippen molar-refractivity contribution in [3.63, 3.8) is 0 Å². The van der Waals surface area contributed by atoms with Crippen LogP contribution in [0, 0.1) is 12.3 Å². The first-order valence-electron chi connectivity index (χ1n) is 4.70. The van der Waals surface area contributed by atoms with Crippen LogP contribution in [0.1, 0.15) is 19.5 Å². The summed E-state index contributed by atoms with van der Waals surface area (Å²) < 4.78 is 1.67. The van der Waals surface area contributed by atoms with Gasteiger partial charge in [0.1, 0.15) is 4.47 Å². The van der Waals surface area contributed by atoms with Crippen LogP contribution in [-0.4, -0.2) is 20.6 Å². The first-order valence-corrected chi connectivity index (χ1v) is 5.50. The largest absolute Gasteiger partial charge is 0.481 e. The lowest BCUT2D eigenvalue weighted by atomic mass is 9.94. The summed E-state index contributed by atoms with van der Waals surface area (Å²) in [6.45, 7) is 4.93. The second-order valence-corrected chi connectivity index (χ2v) is 5.06. The molecule has 0 aliphatic rings. The summed E-state index contributed by atoms with van der Waals surface area (Å²) in [5, 5.41) is 8.97. The van der Waals surface area contributed by atoms with Gasteiger partial charge < -0.3 is 5.11 Å². The Kier molecular flexibility index (Phi) is 3.52. The van der Waals surface area contributed by atoms with Gasteiger partial charge in [0, 0.05) is 6.54 Å². The van der Waals surface area contributed by atoms with Gasteiger partial charge in [-0.25, -0.2) is 4.98 Å². The summed E-state index contributed by atoms with van der Waals surface area (Å²) in [6, 6.07) is 0. The highest BCUT2D eigenvalue weighted by Gasteiger charge is 2.28. The van der Waals surface area contributed by atoms with Crippen molar-refractivity contribution >= 4 is 21.9 Å². The number of aliphatic carboxylic acids is 1. The lowest BCUT2D eigenvalue weighted by Crippen LogP contribution is -2.34. The molecule has 0 atom stereocenters. The van der Waals surface area contributed by atoms with Gasteiger partial charge in [0.05, 0.1) is 17.4 Å². The molecule has 5 nitrogen and oxygen atoms in total. The van der Waals surface area contributed by atoms with E-state index in [1.165, 1.54) is 10.9 Å². The summed E-state index contributed by atoms with van der Waals surface area (Å²) in [4.78, 5) is 26.7. The number of rotatable bonds is 3. The van der Waals surface area contributed by atoms with E-state index < -0.39 is 11.4 Å². The fourth-order valence-electron chi connectivity index (χ4n) is 1.15. The zero-order chi connectivity index (χ0) is 12.5. The maximum atomic E-state index is 11.8. The minimum atomic E-state index is -1.000. The van der Waals surface area contributed by atoms with Crippen LogP contribution in [0.15, 0.2) is 15.6 Å². The zero-order valence-corrected chi connectivity index (χ0v) is 10.9. The maximum absolute atomic E-state index is 11.8. The summed E-state index contributed by atoms with van der Waals surface area (Å²) in [5.74, 6) is -0.948. The third kappa shape index (κ3) is 2.49. The highest BCUT2D eigenvalue weighted by atomic mass is 79.9. The predicted octanol–water partition coefficient (Wildman–Crippen LogP) is 1.43. The predicted molar refractivity (Wildman–Crippen MR) is 62.4 cm³/mol. The van der Waals surface area contributed by atoms with E-state index in [-0.39, 0.29) is 12.1 Å². The number of hydrogen-bond acceptors (Lipinski definition) is 3. The highest BCUT2D eigenvalue weighted by Crippen LogP contribution is 2.17. The zero-order valence-electron chi connectivity index (χ0n) is 9.32. The van der Waals surface area contributed by atoms with Crippen molar-refractivity contribution < 1.29 is 9.90 Å². The molecule has 0 amide bonds. The molecule has 0 aromatic carbocycles. The average Bonchev–Trinajstić information content (AvgIpc) is 2.19. The van der Waals surface area contributed by atoms with Gasteiger partial charge in [-0.3, -0.25) is 14.2 Å². The van der Waals surface area contributed by atoms with Gasteiger partial charge in [-0.05, 0) is 36.7 Å². The SMILES string of the molecule is Cc1ncn(CC(C)(C)C(=O)O)c(=O)c1Br. The van der Waals surface area contributed by atoms with Crippen LogP contribution in [0.25, 0.3) is 0 Å². The first-order chi connectivity index (χ1) is 7.25. The molecule has 16 heavy (non-hydrogen) atoms. The van der Waals surface area contributed by atoms with Gasteiger partial charge in [0.2, 0.25) is 0 Å². The quantitative estimate of drug-likeness (QED) is 0.913. The minimum Gasteiger partial charge on any atom is -0.481 e.